The number of rotatable bonds is 4. The van der Waals surface area contributed by atoms with Gasteiger partial charge in [0.15, 0.2) is 0 Å². The Morgan fingerprint density at radius 3 is 2.50 bits per heavy atom. The minimum absolute atomic E-state index is 0.389. The third kappa shape index (κ3) is 1.91. The Morgan fingerprint density at radius 2 is 2.00 bits per heavy atom. The van der Waals surface area contributed by atoms with Crippen LogP contribution in [-0.2, 0) is 9.47 Å². The standard InChI is InChI=1S/C9H17NO2/c1-8(4-5-10-3)9(2)11-6-7-12-9/h6-8,10H,4-5H2,1-3H3. The maximum absolute atomic E-state index is 5.37. The highest BCUT2D eigenvalue weighted by molar-refractivity contribution is 4.84. The van der Waals surface area contributed by atoms with Crippen LogP contribution in [0.25, 0.3) is 0 Å². The van der Waals surface area contributed by atoms with Gasteiger partial charge in [0.05, 0.1) is 0 Å². The maximum atomic E-state index is 5.37. The monoisotopic (exact) mass is 171 g/mol. The van der Waals surface area contributed by atoms with E-state index in [9.17, 15) is 0 Å². The molecule has 3 nitrogen and oxygen atoms in total. The van der Waals surface area contributed by atoms with Crippen LogP contribution in [0.15, 0.2) is 12.5 Å². The molecular weight excluding hydrogens is 154 g/mol. The van der Waals surface area contributed by atoms with Crippen molar-refractivity contribution in [3.8, 4) is 0 Å². The Morgan fingerprint density at radius 1 is 1.42 bits per heavy atom. The van der Waals surface area contributed by atoms with Crippen LogP contribution in [0.4, 0.5) is 0 Å². The molecule has 1 unspecified atom stereocenters. The van der Waals surface area contributed by atoms with Crippen LogP contribution in [0.2, 0.25) is 0 Å². The second-order valence-corrected chi connectivity index (χ2v) is 3.32. The molecule has 0 saturated carbocycles. The summed E-state index contributed by atoms with van der Waals surface area (Å²) in [6, 6.07) is 0. The normalized spacial score (nSPS) is 21.6. The van der Waals surface area contributed by atoms with Crippen LogP contribution >= 0.6 is 0 Å². The average molecular weight is 171 g/mol. The van der Waals surface area contributed by atoms with Crippen LogP contribution < -0.4 is 5.32 Å². The highest BCUT2D eigenvalue weighted by atomic mass is 16.7. The van der Waals surface area contributed by atoms with Gasteiger partial charge in [-0.25, -0.2) is 0 Å². The number of hydrogen-bond donors (Lipinski definition) is 1. The largest absolute Gasteiger partial charge is 0.457 e. The smallest absolute Gasteiger partial charge is 0.249 e. The fourth-order valence-electron chi connectivity index (χ4n) is 1.21. The molecule has 0 bridgehead atoms. The molecule has 12 heavy (non-hydrogen) atoms. The van der Waals surface area contributed by atoms with Gasteiger partial charge in [-0.05, 0) is 20.0 Å². The van der Waals surface area contributed by atoms with Gasteiger partial charge in [0.25, 0.3) is 0 Å². The first kappa shape index (κ1) is 9.39. The molecule has 0 spiro atoms. The van der Waals surface area contributed by atoms with Gasteiger partial charge < -0.3 is 14.8 Å². The zero-order valence-electron chi connectivity index (χ0n) is 7.96. The van der Waals surface area contributed by atoms with Crippen molar-refractivity contribution in [2.45, 2.75) is 26.1 Å². The van der Waals surface area contributed by atoms with E-state index in [-0.39, 0.29) is 0 Å². The van der Waals surface area contributed by atoms with Crippen molar-refractivity contribution in [1.29, 1.82) is 0 Å². The van der Waals surface area contributed by atoms with E-state index in [4.69, 9.17) is 9.47 Å². The van der Waals surface area contributed by atoms with Crippen molar-refractivity contribution in [3.63, 3.8) is 0 Å². The molecule has 0 amide bonds. The SMILES string of the molecule is CNCCC(C)C1(C)OC=CO1. The lowest BCUT2D eigenvalue weighted by molar-refractivity contribution is -0.163. The summed E-state index contributed by atoms with van der Waals surface area (Å²) in [4.78, 5) is 0. The number of nitrogens with one attached hydrogen (secondary N) is 1. The topological polar surface area (TPSA) is 30.5 Å². The van der Waals surface area contributed by atoms with E-state index >= 15 is 0 Å². The summed E-state index contributed by atoms with van der Waals surface area (Å²) in [5.74, 6) is -0.0587. The van der Waals surface area contributed by atoms with Crippen molar-refractivity contribution < 1.29 is 9.47 Å². The molecule has 0 aromatic heterocycles. The quantitative estimate of drug-likeness (QED) is 0.694. The molecule has 3 heteroatoms. The lowest BCUT2D eigenvalue weighted by Gasteiger charge is -2.29. The third-order valence-corrected chi connectivity index (χ3v) is 2.38. The van der Waals surface area contributed by atoms with Gasteiger partial charge in [0, 0.05) is 12.8 Å². The first-order valence-corrected chi connectivity index (χ1v) is 4.34. The number of hydrogen-bond acceptors (Lipinski definition) is 3. The molecule has 0 fully saturated rings. The van der Waals surface area contributed by atoms with E-state index in [1.165, 1.54) is 0 Å². The molecule has 1 heterocycles. The Bertz CT molecular complexity index is 160. The summed E-state index contributed by atoms with van der Waals surface area (Å²) in [6.07, 6.45) is 4.26. The molecule has 1 aliphatic rings. The van der Waals surface area contributed by atoms with Crippen molar-refractivity contribution in [3.05, 3.63) is 12.5 Å². The highest BCUT2D eigenvalue weighted by Gasteiger charge is 2.35. The number of ether oxygens (including phenoxy) is 2. The summed E-state index contributed by atoms with van der Waals surface area (Å²) >= 11 is 0. The maximum Gasteiger partial charge on any atom is 0.249 e. The predicted molar refractivity (Wildman–Crippen MR) is 47.4 cm³/mol. The molecule has 0 aromatic rings. The second-order valence-electron chi connectivity index (χ2n) is 3.32. The van der Waals surface area contributed by atoms with E-state index in [2.05, 4.69) is 12.2 Å². The van der Waals surface area contributed by atoms with Crippen LogP contribution in [-0.4, -0.2) is 19.4 Å². The van der Waals surface area contributed by atoms with Gasteiger partial charge in [0.1, 0.15) is 12.5 Å². The highest BCUT2D eigenvalue weighted by Crippen LogP contribution is 2.29. The van der Waals surface area contributed by atoms with Crippen LogP contribution in [0.1, 0.15) is 20.3 Å². The first-order chi connectivity index (χ1) is 5.69. The van der Waals surface area contributed by atoms with E-state index in [0.717, 1.165) is 13.0 Å². The van der Waals surface area contributed by atoms with Crippen molar-refractivity contribution >= 4 is 0 Å². The minimum Gasteiger partial charge on any atom is -0.457 e. The fraction of sp³-hybridized carbons (Fsp3) is 0.778. The Kier molecular flexibility index (Phi) is 2.98. The van der Waals surface area contributed by atoms with E-state index in [1.54, 1.807) is 12.5 Å². The van der Waals surface area contributed by atoms with Gasteiger partial charge >= 0.3 is 0 Å². The molecule has 1 N–H and O–H groups in total. The molecule has 0 aliphatic carbocycles. The van der Waals surface area contributed by atoms with Crippen LogP contribution in [0.5, 0.6) is 0 Å². The second kappa shape index (κ2) is 3.81. The first-order valence-electron chi connectivity index (χ1n) is 4.34. The lowest BCUT2D eigenvalue weighted by atomic mass is 9.98. The molecule has 0 aromatic carbocycles. The summed E-state index contributed by atoms with van der Waals surface area (Å²) in [5, 5.41) is 3.11. The summed E-state index contributed by atoms with van der Waals surface area (Å²) in [7, 11) is 1.95. The summed E-state index contributed by atoms with van der Waals surface area (Å²) < 4.78 is 10.7. The van der Waals surface area contributed by atoms with Gasteiger partial charge in [-0.2, -0.15) is 0 Å². The van der Waals surface area contributed by atoms with Crippen molar-refractivity contribution in [1.82, 2.24) is 5.32 Å². The molecule has 0 saturated heterocycles. The van der Waals surface area contributed by atoms with Gasteiger partial charge in [-0.3, -0.25) is 0 Å². The molecule has 70 valence electrons. The van der Waals surface area contributed by atoms with Gasteiger partial charge in [-0.1, -0.05) is 6.92 Å². The summed E-state index contributed by atoms with van der Waals surface area (Å²) in [5.41, 5.74) is 0. The van der Waals surface area contributed by atoms with E-state index < -0.39 is 5.79 Å². The minimum atomic E-state index is -0.448. The molecule has 1 rings (SSSR count). The Balaban J connectivity index is 2.35. The van der Waals surface area contributed by atoms with Crippen LogP contribution in [0.3, 0.4) is 0 Å². The molecule has 1 aliphatic heterocycles. The molecular formula is C9H17NO2. The fourth-order valence-corrected chi connectivity index (χ4v) is 1.21. The Labute approximate surface area is 73.7 Å². The van der Waals surface area contributed by atoms with Crippen molar-refractivity contribution in [2.75, 3.05) is 13.6 Å². The third-order valence-electron chi connectivity index (χ3n) is 2.38. The van der Waals surface area contributed by atoms with E-state index in [1.807, 2.05) is 14.0 Å². The zero-order chi connectivity index (χ0) is 9.03. The summed E-state index contributed by atoms with van der Waals surface area (Å²) in [6.45, 7) is 5.08. The van der Waals surface area contributed by atoms with E-state index in [0.29, 0.717) is 5.92 Å². The average Bonchev–Trinajstić information content (AvgIpc) is 2.49. The lowest BCUT2D eigenvalue weighted by Crippen LogP contribution is -2.35. The van der Waals surface area contributed by atoms with Crippen molar-refractivity contribution in [2.24, 2.45) is 5.92 Å². The zero-order valence-corrected chi connectivity index (χ0v) is 7.96. The van der Waals surface area contributed by atoms with Gasteiger partial charge in [-0.15, -0.1) is 0 Å². The van der Waals surface area contributed by atoms with Gasteiger partial charge in [0.2, 0.25) is 5.79 Å². The predicted octanol–water partition coefficient (Wildman–Crippen LogP) is 1.47. The Hall–Kier alpha value is -0.700. The molecule has 0 radical (unpaired) electrons. The van der Waals surface area contributed by atoms with Crippen LogP contribution in [0, 0.1) is 5.92 Å². The molecule has 1 atom stereocenters.